The van der Waals surface area contributed by atoms with E-state index in [9.17, 15) is 14.1 Å². The molecule has 4 nitrogen and oxygen atoms in total. The predicted molar refractivity (Wildman–Crippen MR) is 71.2 cm³/mol. The summed E-state index contributed by atoms with van der Waals surface area (Å²) in [6, 6.07) is 0. The van der Waals surface area contributed by atoms with Crippen molar-refractivity contribution in [3.63, 3.8) is 0 Å². The van der Waals surface area contributed by atoms with Crippen LogP contribution in [-0.2, 0) is 15.6 Å². The summed E-state index contributed by atoms with van der Waals surface area (Å²) < 4.78 is 12.3. The van der Waals surface area contributed by atoms with Gasteiger partial charge in [0.25, 0.3) is 0 Å². The van der Waals surface area contributed by atoms with Crippen molar-refractivity contribution in [2.75, 3.05) is 18.1 Å². The van der Waals surface area contributed by atoms with E-state index in [0.717, 1.165) is 29.4 Å². The third kappa shape index (κ3) is 2.13. The van der Waals surface area contributed by atoms with Gasteiger partial charge in [0.05, 0.1) is 9.61 Å². The van der Waals surface area contributed by atoms with E-state index in [4.69, 9.17) is 0 Å². The quantitative estimate of drug-likeness (QED) is 0.845. The molecule has 1 unspecified atom stereocenters. The Labute approximate surface area is 111 Å². The number of hydrogen-bond donors (Lipinski definition) is 1. The average molecular weight is 291 g/mol. The Morgan fingerprint density at radius 2 is 2.35 bits per heavy atom. The van der Waals surface area contributed by atoms with Crippen molar-refractivity contribution in [1.82, 2.24) is 4.90 Å². The second kappa shape index (κ2) is 4.51. The van der Waals surface area contributed by atoms with Gasteiger partial charge in [0.1, 0.15) is 5.70 Å². The van der Waals surface area contributed by atoms with Gasteiger partial charge in [-0.3, -0.25) is 4.21 Å². The van der Waals surface area contributed by atoms with Gasteiger partial charge in [0.15, 0.2) is 0 Å². The summed E-state index contributed by atoms with van der Waals surface area (Å²) in [6.07, 6.45) is 2.01. The van der Waals surface area contributed by atoms with E-state index >= 15 is 0 Å². The molecule has 94 valence electrons. The van der Waals surface area contributed by atoms with Crippen molar-refractivity contribution in [2.45, 2.75) is 23.5 Å². The van der Waals surface area contributed by atoms with Crippen molar-refractivity contribution in [3.8, 4) is 0 Å². The molecular weight excluding hydrogens is 278 g/mol. The van der Waals surface area contributed by atoms with E-state index in [2.05, 4.69) is 0 Å². The van der Waals surface area contributed by atoms with Crippen LogP contribution in [0, 0.1) is 0 Å². The number of carboxylic acids is 1. The Hall–Kier alpha value is -0.140. The number of aliphatic carboxylic acids is 1. The van der Waals surface area contributed by atoms with Crippen LogP contribution in [0.2, 0.25) is 0 Å². The monoisotopic (exact) mass is 291 g/mol. The Kier molecular flexibility index (Phi) is 3.16. The van der Waals surface area contributed by atoms with Gasteiger partial charge in [-0.2, -0.15) is 0 Å². The van der Waals surface area contributed by atoms with Crippen LogP contribution in [0.3, 0.4) is 0 Å². The van der Waals surface area contributed by atoms with Crippen LogP contribution in [0.4, 0.5) is 0 Å². The van der Waals surface area contributed by atoms with Crippen LogP contribution in [0.15, 0.2) is 9.93 Å². The molecule has 2 saturated heterocycles. The van der Waals surface area contributed by atoms with Gasteiger partial charge in [0.2, 0.25) is 0 Å². The Morgan fingerprint density at radius 3 is 2.88 bits per heavy atom. The molecule has 7 heteroatoms. The maximum Gasteiger partial charge on any atom is 0.353 e. The average Bonchev–Trinajstić information content (AvgIpc) is 2.73. The molecule has 3 aliphatic rings. The zero-order chi connectivity index (χ0) is 12.0. The topological polar surface area (TPSA) is 57.6 Å². The van der Waals surface area contributed by atoms with Crippen LogP contribution in [0.1, 0.15) is 12.8 Å². The molecule has 0 aliphatic carbocycles. The Bertz CT molecular complexity index is 423. The molecular formula is C10H13NO3S3. The molecule has 0 spiro atoms. The molecule has 3 rings (SSSR count). The second-order valence-corrected chi connectivity index (χ2v) is 8.71. The number of hydrogen-bond acceptors (Lipinski definition) is 5. The highest BCUT2D eigenvalue weighted by atomic mass is 32.2. The minimum absolute atomic E-state index is 0.339. The van der Waals surface area contributed by atoms with Gasteiger partial charge in [-0.15, -0.1) is 11.8 Å². The zero-order valence-corrected chi connectivity index (χ0v) is 11.6. The van der Waals surface area contributed by atoms with Crippen LogP contribution < -0.4 is 0 Å². The summed E-state index contributed by atoms with van der Waals surface area (Å²) in [7, 11) is -0.690. The first-order valence-electron chi connectivity index (χ1n) is 5.57. The fourth-order valence-corrected chi connectivity index (χ4v) is 7.33. The van der Waals surface area contributed by atoms with Gasteiger partial charge in [-0.05, 0) is 12.8 Å². The maximum absolute atomic E-state index is 11.3. The summed E-state index contributed by atoms with van der Waals surface area (Å²) in [4.78, 5) is 13.2. The van der Waals surface area contributed by atoms with E-state index in [1.165, 1.54) is 0 Å². The lowest BCUT2D eigenvalue weighted by Crippen LogP contribution is -2.43. The molecule has 0 bridgehead atoms. The van der Waals surface area contributed by atoms with Crippen molar-refractivity contribution < 1.29 is 14.1 Å². The van der Waals surface area contributed by atoms with E-state index in [1.54, 1.807) is 23.5 Å². The molecule has 17 heavy (non-hydrogen) atoms. The fourth-order valence-electron chi connectivity index (χ4n) is 2.21. The van der Waals surface area contributed by atoms with E-state index in [1.807, 2.05) is 4.90 Å². The number of nitrogens with zero attached hydrogens (tertiary/aromatic N) is 1. The number of fused-ring (bicyclic) bond motifs is 1. The van der Waals surface area contributed by atoms with Crippen molar-refractivity contribution >= 4 is 40.3 Å². The molecule has 0 aromatic carbocycles. The molecule has 3 heterocycles. The molecule has 0 aromatic rings. The number of carbonyl (C=O) groups is 1. The number of rotatable bonds is 3. The standard InChI is InChI=1S/C10H13NO3S3/c12-9(13)8-10(16-7-1-3-11(7)8)15-6-2-4-17(14)5-6/h6-7H,1-5H2,(H,12,13)/t6-,7?,17+/m0/s1. The van der Waals surface area contributed by atoms with Gasteiger partial charge < -0.3 is 10.0 Å². The van der Waals surface area contributed by atoms with Crippen molar-refractivity contribution in [1.29, 1.82) is 0 Å². The molecule has 1 N–H and O–H groups in total. The van der Waals surface area contributed by atoms with E-state index in [0.29, 0.717) is 22.1 Å². The minimum Gasteiger partial charge on any atom is -0.477 e. The zero-order valence-electron chi connectivity index (χ0n) is 9.13. The van der Waals surface area contributed by atoms with Gasteiger partial charge in [0, 0.05) is 34.1 Å². The summed E-state index contributed by atoms with van der Waals surface area (Å²) in [6.45, 7) is 0.861. The van der Waals surface area contributed by atoms with Gasteiger partial charge >= 0.3 is 5.97 Å². The first-order valence-corrected chi connectivity index (χ1v) is 8.82. The number of carboxylic acid groups (broad SMARTS) is 1. The number of thioether (sulfide) groups is 2. The highest BCUT2D eigenvalue weighted by Crippen LogP contribution is 2.51. The van der Waals surface area contributed by atoms with Crippen molar-refractivity contribution in [3.05, 3.63) is 9.93 Å². The Morgan fingerprint density at radius 1 is 1.53 bits per heavy atom. The molecule has 3 atom stereocenters. The molecule has 0 aromatic heterocycles. The molecule has 2 fully saturated rings. The second-order valence-electron chi connectivity index (χ2n) is 4.33. The predicted octanol–water partition coefficient (Wildman–Crippen LogP) is 1.27. The van der Waals surface area contributed by atoms with Gasteiger partial charge in [-0.25, -0.2) is 4.79 Å². The first kappa shape index (κ1) is 11.9. The minimum atomic E-state index is -0.818. The third-order valence-corrected chi connectivity index (χ3v) is 7.77. The van der Waals surface area contributed by atoms with Crippen LogP contribution >= 0.6 is 23.5 Å². The molecule has 0 amide bonds. The van der Waals surface area contributed by atoms with E-state index in [-0.39, 0.29) is 0 Å². The molecule has 0 saturated carbocycles. The summed E-state index contributed by atoms with van der Waals surface area (Å²) in [5, 5.41) is 9.93. The maximum atomic E-state index is 11.3. The third-order valence-electron chi connectivity index (χ3n) is 3.20. The largest absolute Gasteiger partial charge is 0.477 e. The van der Waals surface area contributed by atoms with Crippen LogP contribution in [0.25, 0.3) is 0 Å². The normalized spacial score (nSPS) is 36.0. The smallest absolute Gasteiger partial charge is 0.353 e. The Balaban J connectivity index is 1.75. The lowest BCUT2D eigenvalue weighted by atomic mass is 10.2. The lowest BCUT2D eigenvalue weighted by Gasteiger charge is -2.36. The lowest BCUT2D eigenvalue weighted by molar-refractivity contribution is -0.135. The molecule has 3 aliphatic heterocycles. The SMILES string of the molecule is O=C(O)C1=C(S[C@H]2CC[S@@](=O)C2)SC2CCN12. The first-order chi connectivity index (χ1) is 8.15. The highest BCUT2D eigenvalue weighted by Gasteiger charge is 2.43. The molecule has 0 radical (unpaired) electrons. The highest BCUT2D eigenvalue weighted by molar-refractivity contribution is 8.23. The van der Waals surface area contributed by atoms with Crippen LogP contribution in [0.5, 0.6) is 0 Å². The van der Waals surface area contributed by atoms with Crippen LogP contribution in [-0.4, -0.2) is 48.9 Å². The summed E-state index contributed by atoms with van der Waals surface area (Å²) in [5.41, 5.74) is 0.480. The van der Waals surface area contributed by atoms with Gasteiger partial charge in [-0.1, -0.05) is 11.8 Å². The van der Waals surface area contributed by atoms with Crippen molar-refractivity contribution in [2.24, 2.45) is 0 Å². The summed E-state index contributed by atoms with van der Waals surface area (Å²) >= 11 is 3.30. The van der Waals surface area contributed by atoms with E-state index < -0.39 is 16.8 Å². The summed E-state index contributed by atoms with van der Waals surface area (Å²) in [5.74, 6) is 0.665. The fraction of sp³-hybridized carbons (Fsp3) is 0.700.